The molecule has 1 aliphatic heterocycles. The Morgan fingerprint density at radius 1 is 1.75 bits per heavy atom. The zero-order chi connectivity index (χ0) is 11.5. The Morgan fingerprint density at radius 2 is 2.56 bits per heavy atom. The zero-order valence-electron chi connectivity index (χ0n) is 9.05. The van der Waals surface area contributed by atoms with E-state index in [2.05, 4.69) is 9.36 Å². The SMILES string of the molecule is CN(Cc1nsc(N)n1)C(=O)[C@H]1CCCO1. The third kappa shape index (κ3) is 2.48. The van der Waals surface area contributed by atoms with Crippen LogP contribution in [0, 0.1) is 0 Å². The first-order valence-corrected chi connectivity index (χ1v) is 5.89. The topological polar surface area (TPSA) is 81.3 Å². The van der Waals surface area contributed by atoms with E-state index in [-0.39, 0.29) is 12.0 Å². The third-order valence-corrected chi connectivity index (χ3v) is 3.02. The lowest BCUT2D eigenvalue weighted by Gasteiger charge is -2.18. The van der Waals surface area contributed by atoms with Crippen LogP contribution in [0.4, 0.5) is 5.13 Å². The number of nitrogen functional groups attached to an aromatic ring is 1. The number of ether oxygens (including phenoxy) is 1. The van der Waals surface area contributed by atoms with Gasteiger partial charge in [-0.1, -0.05) is 0 Å². The maximum atomic E-state index is 11.9. The zero-order valence-corrected chi connectivity index (χ0v) is 9.87. The number of amides is 1. The number of nitrogens with two attached hydrogens (primary N) is 1. The van der Waals surface area contributed by atoms with Gasteiger partial charge in [0.2, 0.25) is 0 Å². The van der Waals surface area contributed by atoms with Crippen LogP contribution in [0.3, 0.4) is 0 Å². The number of aromatic nitrogens is 2. The van der Waals surface area contributed by atoms with Gasteiger partial charge in [-0.05, 0) is 12.8 Å². The summed E-state index contributed by atoms with van der Waals surface area (Å²) in [4.78, 5) is 17.5. The van der Waals surface area contributed by atoms with Gasteiger partial charge in [0.25, 0.3) is 5.91 Å². The molecular weight excluding hydrogens is 228 g/mol. The summed E-state index contributed by atoms with van der Waals surface area (Å²) in [6, 6.07) is 0. The molecule has 1 atom stereocenters. The van der Waals surface area contributed by atoms with Crippen LogP contribution in [0.1, 0.15) is 18.7 Å². The fourth-order valence-electron chi connectivity index (χ4n) is 1.64. The number of hydrogen-bond donors (Lipinski definition) is 1. The van der Waals surface area contributed by atoms with Gasteiger partial charge in [-0.2, -0.15) is 4.37 Å². The number of likely N-dealkylation sites (N-methyl/N-ethyl adjacent to an activating group) is 1. The normalized spacial score (nSPS) is 19.9. The van der Waals surface area contributed by atoms with E-state index in [1.54, 1.807) is 11.9 Å². The summed E-state index contributed by atoms with van der Waals surface area (Å²) in [6.45, 7) is 1.05. The monoisotopic (exact) mass is 242 g/mol. The molecule has 0 unspecified atom stereocenters. The van der Waals surface area contributed by atoms with E-state index in [0.717, 1.165) is 24.4 Å². The Labute approximate surface area is 97.6 Å². The Hall–Kier alpha value is -1.21. The molecule has 0 bridgehead atoms. The maximum Gasteiger partial charge on any atom is 0.251 e. The fourth-order valence-corrected chi connectivity index (χ4v) is 2.08. The van der Waals surface area contributed by atoms with Crippen LogP contribution in [0.15, 0.2) is 0 Å². The minimum absolute atomic E-state index is 0.00845. The highest BCUT2D eigenvalue weighted by Gasteiger charge is 2.26. The smallest absolute Gasteiger partial charge is 0.251 e. The van der Waals surface area contributed by atoms with Crippen LogP contribution in [0.2, 0.25) is 0 Å². The quantitative estimate of drug-likeness (QED) is 0.822. The number of hydrogen-bond acceptors (Lipinski definition) is 6. The van der Waals surface area contributed by atoms with E-state index in [0.29, 0.717) is 24.1 Å². The average molecular weight is 242 g/mol. The molecule has 6 nitrogen and oxygen atoms in total. The van der Waals surface area contributed by atoms with Crippen molar-refractivity contribution < 1.29 is 9.53 Å². The molecule has 1 aliphatic rings. The summed E-state index contributed by atoms with van der Waals surface area (Å²) >= 11 is 1.14. The number of rotatable bonds is 3. The van der Waals surface area contributed by atoms with Gasteiger partial charge in [0, 0.05) is 25.2 Å². The van der Waals surface area contributed by atoms with E-state index in [1.807, 2.05) is 0 Å². The average Bonchev–Trinajstić information content (AvgIpc) is 2.88. The van der Waals surface area contributed by atoms with Gasteiger partial charge in [0.15, 0.2) is 11.0 Å². The minimum atomic E-state index is -0.291. The van der Waals surface area contributed by atoms with Crippen molar-refractivity contribution in [3.8, 4) is 0 Å². The molecule has 2 rings (SSSR count). The molecule has 2 N–H and O–H groups in total. The second-order valence-electron chi connectivity index (χ2n) is 3.74. The van der Waals surface area contributed by atoms with Crippen LogP contribution < -0.4 is 5.73 Å². The summed E-state index contributed by atoms with van der Waals surface area (Å²) in [5.41, 5.74) is 5.47. The maximum absolute atomic E-state index is 11.9. The van der Waals surface area contributed by atoms with Crippen molar-refractivity contribution in [1.82, 2.24) is 14.3 Å². The highest BCUT2D eigenvalue weighted by Crippen LogP contribution is 2.15. The summed E-state index contributed by atoms with van der Waals surface area (Å²) < 4.78 is 9.36. The number of carbonyl (C=O) groups is 1. The van der Waals surface area contributed by atoms with E-state index < -0.39 is 0 Å². The Kier molecular flexibility index (Phi) is 3.35. The number of anilines is 1. The molecule has 0 saturated carbocycles. The fraction of sp³-hybridized carbons (Fsp3) is 0.667. The van der Waals surface area contributed by atoms with Crippen LogP contribution in [0.25, 0.3) is 0 Å². The van der Waals surface area contributed by atoms with E-state index in [1.165, 1.54) is 0 Å². The summed E-state index contributed by atoms with van der Waals surface area (Å²) in [7, 11) is 1.72. The molecule has 2 heterocycles. The van der Waals surface area contributed by atoms with Gasteiger partial charge in [-0.15, -0.1) is 0 Å². The molecule has 0 spiro atoms. The second-order valence-corrected chi connectivity index (χ2v) is 4.53. The van der Waals surface area contributed by atoms with Gasteiger partial charge in [-0.3, -0.25) is 4.79 Å². The summed E-state index contributed by atoms with van der Waals surface area (Å²) in [5.74, 6) is 0.571. The van der Waals surface area contributed by atoms with Crippen molar-refractivity contribution in [3.63, 3.8) is 0 Å². The van der Waals surface area contributed by atoms with Gasteiger partial charge in [-0.25, -0.2) is 4.98 Å². The molecule has 1 aromatic rings. The summed E-state index contributed by atoms with van der Waals surface area (Å²) in [6.07, 6.45) is 1.46. The molecule has 1 aromatic heterocycles. The third-order valence-electron chi connectivity index (χ3n) is 2.44. The van der Waals surface area contributed by atoms with Gasteiger partial charge in [0.05, 0.1) is 6.54 Å². The molecule has 1 fully saturated rings. The highest BCUT2D eigenvalue weighted by molar-refractivity contribution is 7.09. The molecule has 7 heteroatoms. The van der Waals surface area contributed by atoms with Crippen molar-refractivity contribution in [2.24, 2.45) is 0 Å². The Bertz CT molecular complexity index is 375. The van der Waals surface area contributed by atoms with Crippen LogP contribution in [0.5, 0.6) is 0 Å². The van der Waals surface area contributed by atoms with E-state index in [4.69, 9.17) is 10.5 Å². The van der Waals surface area contributed by atoms with E-state index in [9.17, 15) is 4.79 Å². The predicted molar refractivity (Wildman–Crippen MR) is 59.8 cm³/mol. The summed E-state index contributed by atoms with van der Waals surface area (Å²) in [5, 5.41) is 0.424. The minimum Gasteiger partial charge on any atom is -0.374 e. The van der Waals surface area contributed by atoms with Gasteiger partial charge >= 0.3 is 0 Å². The van der Waals surface area contributed by atoms with Crippen LogP contribution in [-0.2, 0) is 16.1 Å². The van der Waals surface area contributed by atoms with Crippen molar-refractivity contribution in [3.05, 3.63) is 5.82 Å². The standard InChI is InChI=1S/C9H14N4O2S/c1-13(5-7-11-9(10)16-12-7)8(14)6-3-2-4-15-6/h6H,2-5H2,1H3,(H2,10,11,12)/t6-/m1/s1. The second kappa shape index (κ2) is 4.75. The largest absolute Gasteiger partial charge is 0.374 e. The van der Waals surface area contributed by atoms with Crippen molar-refractivity contribution >= 4 is 22.6 Å². The molecule has 1 saturated heterocycles. The number of nitrogens with zero attached hydrogens (tertiary/aromatic N) is 3. The number of carbonyl (C=O) groups excluding carboxylic acids is 1. The lowest BCUT2D eigenvalue weighted by Crippen LogP contribution is -2.35. The molecule has 0 aromatic carbocycles. The lowest BCUT2D eigenvalue weighted by molar-refractivity contribution is -0.140. The lowest BCUT2D eigenvalue weighted by atomic mass is 10.2. The molecule has 88 valence electrons. The van der Waals surface area contributed by atoms with E-state index >= 15 is 0 Å². The Balaban J connectivity index is 1.91. The first kappa shape index (κ1) is 11.3. The predicted octanol–water partition coefficient (Wildman–Crippen LogP) is 0.258. The molecule has 0 radical (unpaired) electrons. The van der Waals surface area contributed by atoms with Crippen LogP contribution in [-0.4, -0.2) is 39.9 Å². The van der Waals surface area contributed by atoms with Crippen molar-refractivity contribution in [2.45, 2.75) is 25.5 Å². The first-order chi connectivity index (χ1) is 7.66. The van der Waals surface area contributed by atoms with Gasteiger partial charge < -0.3 is 15.4 Å². The van der Waals surface area contributed by atoms with Gasteiger partial charge in [0.1, 0.15) is 6.10 Å². The van der Waals surface area contributed by atoms with Crippen molar-refractivity contribution in [2.75, 3.05) is 19.4 Å². The first-order valence-electron chi connectivity index (χ1n) is 5.11. The molecular formula is C9H14N4O2S. The Morgan fingerprint density at radius 3 is 3.12 bits per heavy atom. The molecule has 0 aliphatic carbocycles. The van der Waals surface area contributed by atoms with Crippen LogP contribution >= 0.6 is 11.5 Å². The molecule has 1 amide bonds. The molecule has 16 heavy (non-hydrogen) atoms. The highest BCUT2D eigenvalue weighted by atomic mass is 32.1. The van der Waals surface area contributed by atoms with Crippen molar-refractivity contribution in [1.29, 1.82) is 0 Å².